The number of aromatic nitrogens is 3. The van der Waals surface area contributed by atoms with Gasteiger partial charge in [-0.1, -0.05) is 182 Å². The van der Waals surface area contributed by atoms with Crippen LogP contribution in [0.1, 0.15) is 0 Å². The Hall–Kier alpha value is -7.43. The summed E-state index contributed by atoms with van der Waals surface area (Å²) in [4.78, 5) is 14.8. The Bertz CT molecular complexity index is 2870. The van der Waals surface area contributed by atoms with Crippen LogP contribution in [0.2, 0.25) is 0 Å². The normalized spacial score (nSPS) is 11.3. The molecular formula is C51H33N3O. The third kappa shape index (κ3) is 6.06. The van der Waals surface area contributed by atoms with Crippen molar-refractivity contribution in [2.75, 3.05) is 0 Å². The van der Waals surface area contributed by atoms with Crippen molar-refractivity contribution in [1.82, 2.24) is 15.0 Å². The summed E-state index contributed by atoms with van der Waals surface area (Å²) in [6.45, 7) is 0. The standard InChI is InChI=1S/C51H33N3O/c1-6-16-34(17-7-1)41-32-44(36-20-10-3-11-21-36)47-45(33-41)46-42(35-18-8-2-9-19-35)30-31-43(48(46)55-47)37-26-28-40(29-27-37)51-53-49(38-22-12-4-13-23-38)52-50(54-51)39-24-14-5-15-25-39/h1-33H. The molecule has 10 aromatic rings. The van der Waals surface area contributed by atoms with Gasteiger partial charge >= 0.3 is 0 Å². The molecule has 0 saturated heterocycles. The van der Waals surface area contributed by atoms with E-state index in [-0.39, 0.29) is 0 Å². The van der Waals surface area contributed by atoms with Crippen LogP contribution in [0.4, 0.5) is 0 Å². The van der Waals surface area contributed by atoms with Gasteiger partial charge in [0.15, 0.2) is 17.5 Å². The summed E-state index contributed by atoms with van der Waals surface area (Å²) in [5.41, 5.74) is 13.3. The van der Waals surface area contributed by atoms with Crippen LogP contribution in [0.5, 0.6) is 0 Å². The molecule has 2 heterocycles. The lowest BCUT2D eigenvalue weighted by molar-refractivity contribution is 0.671. The molecule has 0 saturated carbocycles. The van der Waals surface area contributed by atoms with Gasteiger partial charge in [0, 0.05) is 38.6 Å². The third-order valence-electron chi connectivity index (χ3n) is 10.2. The first kappa shape index (κ1) is 32.2. The highest BCUT2D eigenvalue weighted by atomic mass is 16.3. The number of rotatable bonds is 7. The zero-order valence-electron chi connectivity index (χ0n) is 29.8. The number of benzene rings is 8. The molecule has 0 bridgehead atoms. The fourth-order valence-electron chi connectivity index (χ4n) is 7.43. The number of hydrogen-bond acceptors (Lipinski definition) is 4. The molecule has 10 rings (SSSR count). The molecule has 0 atom stereocenters. The molecular weight excluding hydrogens is 671 g/mol. The lowest BCUT2D eigenvalue weighted by Crippen LogP contribution is -2.00. The fraction of sp³-hybridized carbons (Fsp3) is 0. The van der Waals surface area contributed by atoms with Crippen molar-refractivity contribution < 1.29 is 4.42 Å². The fourth-order valence-corrected chi connectivity index (χ4v) is 7.43. The zero-order chi connectivity index (χ0) is 36.6. The lowest BCUT2D eigenvalue weighted by atomic mass is 9.91. The quantitative estimate of drug-likeness (QED) is 0.166. The minimum atomic E-state index is 0.619. The molecule has 0 fully saturated rings. The van der Waals surface area contributed by atoms with E-state index in [0.717, 1.165) is 83.1 Å². The third-order valence-corrected chi connectivity index (χ3v) is 10.2. The van der Waals surface area contributed by atoms with Crippen molar-refractivity contribution in [3.8, 4) is 78.7 Å². The number of furan rings is 1. The molecule has 8 aromatic carbocycles. The molecule has 4 heteroatoms. The zero-order valence-corrected chi connectivity index (χ0v) is 29.8. The van der Waals surface area contributed by atoms with Gasteiger partial charge in [-0.15, -0.1) is 0 Å². The second-order valence-electron chi connectivity index (χ2n) is 13.6. The maximum Gasteiger partial charge on any atom is 0.164 e. The molecule has 0 unspecified atom stereocenters. The maximum atomic E-state index is 7.09. The highest BCUT2D eigenvalue weighted by molar-refractivity contribution is 6.19. The van der Waals surface area contributed by atoms with Gasteiger partial charge in [0.05, 0.1) is 0 Å². The van der Waals surface area contributed by atoms with Crippen LogP contribution in [0.25, 0.3) is 101 Å². The van der Waals surface area contributed by atoms with E-state index >= 15 is 0 Å². The molecule has 0 N–H and O–H groups in total. The van der Waals surface area contributed by atoms with Crippen LogP contribution in [-0.4, -0.2) is 15.0 Å². The number of fused-ring (bicyclic) bond motifs is 3. The average molecular weight is 704 g/mol. The molecule has 0 amide bonds. The summed E-state index contributed by atoms with van der Waals surface area (Å²) in [7, 11) is 0. The Balaban J connectivity index is 1.16. The summed E-state index contributed by atoms with van der Waals surface area (Å²) < 4.78 is 7.09. The van der Waals surface area contributed by atoms with Crippen LogP contribution in [0, 0.1) is 0 Å². The Morgan fingerprint density at radius 3 is 1.16 bits per heavy atom. The van der Waals surface area contributed by atoms with Crippen LogP contribution in [-0.2, 0) is 0 Å². The summed E-state index contributed by atoms with van der Waals surface area (Å²) in [6, 6.07) is 69.2. The molecule has 0 aliphatic heterocycles. The molecule has 4 nitrogen and oxygen atoms in total. The summed E-state index contributed by atoms with van der Waals surface area (Å²) in [5.74, 6) is 1.89. The topological polar surface area (TPSA) is 51.8 Å². The lowest BCUT2D eigenvalue weighted by Gasteiger charge is -2.10. The smallest absolute Gasteiger partial charge is 0.164 e. The largest absolute Gasteiger partial charge is 0.455 e. The number of hydrogen-bond donors (Lipinski definition) is 0. The van der Waals surface area contributed by atoms with E-state index in [9.17, 15) is 0 Å². The Labute approximate surface area is 319 Å². The predicted molar refractivity (Wildman–Crippen MR) is 225 cm³/mol. The van der Waals surface area contributed by atoms with Crippen molar-refractivity contribution >= 4 is 21.9 Å². The van der Waals surface area contributed by atoms with E-state index in [1.165, 1.54) is 0 Å². The first-order valence-electron chi connectivity index (χ1n) is 18.4. The maximum absolute atomic E-state index is 7.09. The van der Waals surface area contributed by atoms with Gasteiger partial charge in [0.1, 0.15) is 11.2 Å². The Morgan fingerprint density at radius 2 is 0.655 bits per heavy atom. The summed E-state index contributed by atoms with van der Waals surface area (Å²) in [5, 5.41) is 2.18. The van der Waals surface area contributed by atoms with Gasteiger partial charge in [-0.2, -0.15) is 0 Å². The van der Waals surface area contributed by atoms with Crippen LogP contribution in [0.3, 0.4) is 0 Å². The number of nitrogens with zero attached hydrogens (tertiary/aromatic N) is 3. The SMILES string of the molecule is c1ccc(-c2cc(-c3ccccc3)c3oc4c(-c5ccc(-c6nc(-c7ccccc7)nc(-c7ccccc7)n6)cc5)ccc(-c5ccccc5)c4c3c2)cc1. The van der Waals surface area contributed by atoms with Crippen LogP contribution >= 0.6 is 0 Å². The first-order chi connectivity index (χ1) is 27.3. The van der Waals surface area contributed by atoms with E-state index < -0.39 is 0 Å². The van der Waals surface area contributed by atoms with Crippen LogP contribution in [0.15, 0.2) is 205 Å². The minimum Gasteiger partial charge on any atom is -0.455 e. The monoisotopic (exact) mass is 703 g/mol. The molecule has 0 aliphatic carbocycles. The molecule has 0 spiro atoms. The van der Waals surface area contributed by atoms with E-state index in [1.54, 1.807) is 0 Å². The predicted octanol–water partition coefficient (Wildman–Crippen LogP) is 13.4. The second kappa shape index (κ2) is 13.8. The van der Waals surface area contributed by atoms with E-state index in [1.807, 2.05) is 60.7 Å². The van der Waals surface area contributed by atoms with Crippen molar-refractivity contribution in [2.24, 2.45) is 0 Å². The van der Waals surface area contributed by atoms with Gasteiger partial charge in [-0.05, 0) is 51.6 Å². The first-order valence-corrected chi connectivity index (χ1v) is 18.4. The van der Waals surface area contributed by atoms with Gasteiger partial charge < -0.3 is 4.42 Å². The summed E-state index contributed by atoms with van der Waals surface area (Å²) in [6.07, 6.45) is 0. The van der Waals surface area contributed by atoms with E-state index in [2.05, 4.69) is 140 Å². The van der Waals surface area contributed by atoms with E-state index in [0.29, 0.717) is 17.5 Å². The second-order valence-corrected chi connectivity index (χ2v) is 13.6. The van der Waals surface area contributed by atoms with Crippen molar-refractivity contribution in [3.05, 3.63) is 200 Å². The summed E-state index contributed by atoms with van der Waals surface area (Å²) >= 11 is 0. The molecule has 0 radical (unpaired) electrons. The van der Waals surface area contributed by atoms with E-state index in [4.69, 9.17) is 19.4 Å². The van der Waals surface area contributed by atoms with Crippen molar-refractivity contribution in [1.29, 1.82) is 0 Å². The van der Waals surface area contributed by atoms with Crippen LogP contribution < -0.4 is 0 Å². The highest BCUT2D eigenvalue weighted by Gasteiger charge is 2.21. The van der Waals surface area contributed by atoms with Gasteiger partial charge in [0.2, 0.25) is 0 Å². The van der Waals surface area contributed by atoms with Crippen molar-refractivity contribution in [2.45, 2.75) is 0 Å². The van der Waals surface area contributed by atoms with Gasteiger partial charge in [-0.25, -0.2) is 15.0 Å². The Morgan fingerprint density at radius 1 is 0.273 bits per heavy atom. The van der Waals surface area contributed by atoms with Gasteiger partial charge in [-0.3, -0.25) is 0 Å². The van der Waals surface area contributed by atoms with Gasteiger partial charge in [0.25, 0.3) is 0 Å². The van der Waals surface area contributed by atoms with Crippen molar-refractivity contribution in [3.63, 3.8) is 0 Å². The highest BCUT2D eigenvalue weighted by Crippen LogP contribution is 2.46. The molecule has 55 heavy (non-hydrogen) atoms. The minimum absolute atomic E-state index is 0.619. The molecule has 0 aliphatic rings. The molecule has 2 aromatic heterocycles. The molecule has 258 valence electrons. The Kier molecular flexibility index (Phi) is 8.12. The average Bonchev–Trinajstić information content (AvgIpc) is 3.67.